The fourth-order valence-electron chi connectivity index (χ4n) is 2.74. The predicted molar refractivity (Wildman–Crippen MR) is 110 cm³/mol. The van der Waals surface area contributed by atoms with E-state index in [2.05, 4.69) is 5.10 Å². The van der Waals surface area contributed by atoms with Gasteiger partial charge in [0, 0.05) is 10.6 Å². The molecule has 2 aromatic carbocycles. The van der Waals surface area contributed by atoms with Crippen LogP contribution in [0, 0.1) is 6.92 Å². The lowest BCUT2D eigenvalue weighted by atomic mass is 10.1. The summed E-state index contributed by atoms with van der Waals surface area (Å²) in [4.78, 5) is 24.7. The van der Waals surface area contributed by atoms with Gasteiger partial charge in [0.05, 0.1) is 19.3 Å². The van der Waals surface area contributed by atoms with Crippen molar-refractivity contribution in [2.24, 2.45) is 0 Å². The SMILES string of the molecule is COc1ccc(C(=O)COC(=O)c2c(C)nn(Cc3ccccc3Cl)c2Cl)cc1. The van der Waals surface area contributed by atoms with E-state index in [4.69, 9.17) is 32.7 Å². The lowest BCUT2D eigenvalue weighted by Gasteiger charge is -2.07. The van der Waals surface area contributed by atoms with Crippen LogP contribution in [0.25, 0.3) is 0 Å². The van der Waals surface area contributed by atoms with Crippen LogP contribution in [-0.2, 0) is 11.3 Å². The fraction of sp³-hybridized carbons (Fsp3) is 0.190. The van der Waals surface area contributed by atoms with Gasteiger partial charge in [0.2, 0.25) is 0 Å². The molecule has 0 aliphatic rings. The van der Waals surface area contributed by atoms with E-state index in [1.54, 1.807) is 37.3 Å². The maximum absolute atomic E-state index is 12.5. The number of Topliss-reactive ketones (excluding diaryl/α,β-unsaturated/α-hetero) is 1. The number of rotatable bonds is 7. The second-order valence-electron chi connectivity index (χ2n) is 6.23. The van der Waals surface area contributed by atoms with E-state index in [1.165, 1.54) is 11.8 Å². The highest BCUT2D eigenvalue weighted by molar-refractivity contribution is 6.33. The van der Waals surface area contributed by atoms with Crippen LogP contribution in [-0.4, -0.2) is 35.2 Å². The van der Waals surface area contributed by atoms with Crippen LogP contribution in [0.1, 0.15) is 32.0 Å². The number of esters is 1. The molecule has 3 rings (SSSR count). The standard InChI is InChI=1S/C21H18Cl2N2O4/c1-13-19(20(23)25(24-13)11-15-5-3-4-6-17(15)22)21(27)29-12-18(26)14-7-9-16(28-2)10-8-14/h3-10H,11-12H2,1-2H3. The fourth-order valence-corrected chi connectivity index (χ4v) is 3.25. The van der Waals surface area contributed by atoms with Crippen molar-refractivity contribution in [3.63, 3.8) is 0 Å². The van der Waals surface area contributed by atoms with Gasteiger partial charge >= 0.3 is 5.97 Å². The average Bonchev–Trinajstić information content (AvgIpc) is 3.00. The zero-order valence-electron chi connectivity index (χ0n) is 15.8. The minimum absolute atomic E-state index is 0.126. The first-order chi connectivity index (χ1) is 13.9. The Hall–Kier alpha value is -2.83. The number of nitrogens with zero attached hydrogens (tertiary/aromatic N) is 2. The van der Waals surface area contributed by atoms with Gasteiger partial charge in [-0.15, -0.1) is 0 Å². The van der Waals surface area contributed by atoms with Gasteiger partial charge in [-0.05, 0) is 42.8 Å². The lowest BCUT2D eigenvalue weighted by Crippen LogP contribution is -2.15. The third-order valence-electron chi connectivity index (χ3n) is 4.29. The molecule has 0 amide bonds. The van der Waals surface area contributed by atoms with Crippen LogP contribution in [0.3, 0.4) is 0 Å². The van der Waals surface area contributed by atoms with Gasteiger partial charge in [-0.3, -0.25) is 4.79 Å². The predicted octanol–water partition coefficient (Wildman–Crippen LogP) is 4.59. The normalized spacial score (nSPS) is 10.6. The summed E-state index contributed by atoms with van der Waals surface area (Å²) >= 11 is 12.5. The van der Waals surface area contributed by atoms with Crippen molar-refractivity contribution < 1.29 is 19.1 Å². The van der Waals surface area contributed by atoms with Crippen LogP contribution < -0.4 is 4.74 Å². The highest BCUT2D eigenvalue weighted by Crippen LogP contribution is 2.24. The largest absolute Gasteiger partial charge is 0.497 e. The van der Waals surface area contributed by atoms with Crippen LogP contribution in [0.4, 0.5) is 0 Å². The molecule has 6 nitrogen and oxygen atoms in total. The first-order valence-electron chi connectivity index (χ1n) is 8.71. The number of hydrogen-bond acceptors (Lipinski definition) is 5. The number of benzene rings is 2. The number of methoxy groups -OCH3 is 1. The molecule has 0 radical (unpaired) electrons. The third-order valence-corrected chi connectivity index (χ3v) is 5.05. The van der Waals surface area contributed by atoms with Crippen LogP contribution in [0.15, 0.2) is 48.5 Å². The van der Waals surface area contributed by atoms with Crippen molar-refractivity contribution in [3.05, 3.63) is 81.1 Å². The quantitative estimate of drug-likeness (QED) is 0.403. The first kappa shape index (κ1) is 20.9. The maximum atomic E-state index is 12.5. The average molecular weight is 433 g/mol. The minimum Gasteiger partial charge on any atom is -0.497 e. The molecule has 1 aromatic heterocycles. The Kier molecular flexibility index (Phi) is 6.56. The summed E-state index contributed by atoms with van der Waals surface area (Å²) in [5.74, 6) is -0.412. The molecule has 0 spiro atoms. The number of aryl methyl sites for hydroxylation is 1. The van der Waals surface area contributed by atoms with Gasteiger partial charge in [-0.2, -0.15) is 5.10 Å². The first-order valence-corrected chi connectivity index (χ1v) is 9.47. The number of ketones is 1. The van der Waals surface area contributed by atoms with Crippen molar-refractivity contribution >= 4 is 35.0 Å². The minimum atomic E-state index is -0.709. The number of aromatic nitrogens is 2. The van der Waals surface area contributed by atoms with Crippen molar-refractivity contribution in [2.45, 2.75) is 13.5 Å². The molecule has 0 saturated heterocycles. The summed E-state index contributed by atoms with van der Waals surface area (Å²) in [6, 6.07) is 13.8. The van der Waals surface area contributed by atoms with Gasteiger partial charge in [0.1, 0.15) is 16.5 Å². The summed E-state index contributed by atoms with van der Waals surface area (Å²) in [5.41, 5.74) is 1.76. The molecule has 3 aromatic rings. The Balaban J connectivity index is 1.70. The monoisotopic (exact) mass is 432 g/mol. The number of carbonyl (C=O) groups excluding carboxylic acids is 2. The van der Waals surface area contributed by atoms with Crippen molar-refractivity contribution in [3.8, 4) is 5.75 Å². The van der Waals surface area contributed by atoms with Gasteiger partial charge in [0.15, 0.2) is 12.4 Å². The third kappa shape index (κ3) is 4.78. The van der Waals surface area contributed by atoms with Gasteiger partial charge in [-0.25, -0.2) is 9.48 Å². The molecule has 29 heavy (non-hydrogen) atoms. The molecule has 0 fully saturated rings. The van der Waals surface area contributed by atoms with E-state index in [9.17, 15) is 9.59 Å². The van der Waals surface area contributed by atoms with E-state index < -0.39 is 12.6 Å². The molecule has 0 saturated carbocycles. The van der Waals surface area contributed by atoms with Gasteiger partial charge in [0.25, 0.3) is 0 Å². The van der Waals surface area contributed by atoms with Crippen molar-refractivity contribution in [1.29, 1.82) is 0 Å². The maximum Gasteiger partial charge on any atom is 0.343 e. The molecule has 0 atom stereocenters. The van der Waals surface area contributed by atoms with Crippen LogP contribution in [0.5, 0.6) is 5.75 Å². The second-order valence-corrected chi connectivity index (χ2v) is 6.99. The number of carbonyl (C=O) groups is 2. The molecule has 150 valence electrons. The summed E-state index contributed by atoms with van der Waals surface area (Å²) in [5, 5.41) is 5.00. The molecule has 1 heterocycles. The van der Waals surface area contributed by atoms with Gasteiger partial charge < -0.3 is 9.47 Å². The van der Waals surface area contributed by atoms with E-state index >= 15 is 0 Å². The molecular formula is C21H18Cl2N2O4. The Bertz CT molecular complexity index is 1050. The molecular weight excluding hydrogens is 415 g/mol. The summed E-state index contributed by atoms with van der Waals surface area (Å²) in [6.45, 7) is 1.55. The number of halogens is 2. The zero-order valence-corrected chi connectivity index (χ0v) is 17.3. The molecule has 0 unspecified atom stereocenters. The zero-order chi connectivity index (χ0) is 21.0. The van der Waals surface area contributed by atoms with E-state index in [1.807, 2.05) is 18.2 Å². The van der Waals surface area contributed by atoms with Crippen molar-refractivity contribution in [2.75, 3.05) is 13.7 Å². The van der Waals surface area contributed by atoms with E-state index in [0.29, 0.717) is 28.6 Å². The summed E-state index contributed by atoms with van der Waals surface area (Å²) < 4.78 is 11.7. The highest BCUT2D eigenvalue weighted by atomic mass is 35.5. The van der Waals surface area contributed by atoms with Gasteiger partial charge in [-0.1, -0.05) is 41.4 Å². The van der Waals surface area contributed by atoms with Crippen LogP contribution >= 0.6 is 23.2 Å². The van der Waals surface area contributed by atoms with E-state index in [0.717, 1.165) is 5.56 Å². The lowest BCUT2D eigenvalue weighted by molar-refractivity contribution is 0.0474. The van der Waals surface area contributed by atoms with E-state index in [-0.39, 0.29) is 16.5 Å². The highest BCUT2D eigenvalue weighted by Gasteiger charge is 2.23. The van der Waals surface area contributed by atoms with Crippen molar-refractivity contribution in [1.82, 2.24) is 9.78 Å². The smallest absolute Gasteiger partial charge is 0.343 e. The summed E-state index contributed by atoms with van der Waals surface area (Å²) in [7, 11) is 1.54. The Morgan fingerprint density at radius 3 is 2.41 bits per heavy atom. The Labute approximate surface area is 177 Å². The summed E-state index contributed by atoms with van der Waals surface area (Å²) in [6.07, 6.45) is 0. The Morgan fingerprint density at radius 2 is 1.76 bits per heavy atom. The second kappa shape index (κ2) is 9.11. The number of ether oxygens (including phenoxy) is 2. The molecule has 0 aliphatic carbocycles. The molecule has 0 aliphatic heterocycles. The topological polar surface area (TPSA) is 70.4 Å². The molecule has 8 heteroatoms. The number of hydrogen-bond donors (Lipinski definition) is 0. The molecule has 0 N–H and O–H groups in total. The van der Waals surface area contributed by atoms with Crippen LogP contribution in [0.2, 0.25) is 10.2 Å². The Morgan fingerprint density at radius 1 is 1.07 bits per heavy atom. The molecule has 0 bridgehead atoms.